The van der Waals surface area contributed by atoms with Gasteiger partial charge in [-0.25, -0.2) is 0 Å². The van der Waals surface area contributed by atoms with Gasteiger partial charge in [-0.3, -0.25) is 4.68 Å². The molecule has 1 heterocycles. The molecule has 0 atom stereocenters. The second kappa shape index (κ2) is 8.08. The molecule has 1 aromatic heterocycles. The number of hydrogen-bond donors (Lipinski definition) is 0. The van der Waals surface area contributed by atoms with Gasteiger partial charge in [-0.2, -0.15) is 5.10 Å². The summed E-state index contributed by atoms with van der Waals surface area (Å²) >= 11 is 0. The third kappa shape index (κ3) is 4.22. The van der Waals surface area contributed by atoms with Crippen LogP contribution in [0.1, 0.15) is 17.7 Å². The Balaban J connectivity index is 1.72. The van der Waals surface area contributed by atoms with Crippen LogP contribution in [0.3, 0.4) is 0 Å². The number of aromatic nitrogens is 2. The number of nitrogens with zero attached hydrogens (tertiary/aromatic N) is 3. The summed E-state index contributed by atoms with van der Waals surface area (Å²) in [6.07, 6.45) is 1.04. The summed E-state index contributed by atoms with van der Waals surface area (Å²) in [5.74, 6) is 0. The lowest BCUT2D eigenvalue weighted by Crippen LogP contribution is -2.14. The van der Waals surface area contributed by atoms with Crippen molar-refractivity contribution in [1.29, 1.82) is 0 Å². The first-order chi connectivity index (χ1) is 11.7. The van der Waals surface area contributed by atoms with Crippen LogP contribution in [0.4, 0.5) is 0 Å². The fourth-order valence-electron chi connectivity index (χ4n) is 2.83. The molecule has 4 heteroatoms. The van der Waals surface area contributed by atoms with Crippen molar-refractivity contribution in [2.24, 2.45) is 0 Å². The highest BCUT2D eigenvalue weighted by molar-refractivity contribution is 5.81. The van der Waals surface area contributed by atoms with E-state index >= 15 is 0 Å². The van der Waals surface area contributed by atoms with Crippen molar-refractivity contribution in [3.05, 3.63) is 65.9 Å². The molecule has 0 aliphatic rings. The molecule has 3 aromatic rings. The number of rotatable bonds is 8. The average Bonchev–Trinajstić information content (AvgIpc) is 2.93. The highest BCUT2D eigenvalue weighted by Gasteiger charge is 2.10. The van der Waals surface area contributed by atoms with E-state index in [0.717, 1.165) is 37.3 Å². The molecular weight excluding hydrogens is 298 g/mol. The average molecular weight is 323 g/mol. The van der Waals surface area contributed by atoms with Gasteiger partial charge in [0.2, 0.25) is 0 Å². The lowest BCUT2D eigenvalue weighted by Gasteiger charge is -2.08. The Labute approximate surface area is 143 Å². The molecule has 0 bridgehead atoms. The van der Waals surface area contributed by atoms with Crippen molar-refractivity contribution < 1.29 is 4.74 Å². The van der Waals surface area contributed by atoms with Gasteiger partial charge in [0, 0.05) is 12.0 Å². The van der Waals surface area contributed by atoms with Crippen molar-refractivity contribution in [1.82, 2.24) is 14.7 Å². The summed E-state index contributed by atoms with van der Waals surface area (Å²) in [4.78, 5) is 2.17. The lowest BCUT2D eigenvalue weighted by molar-refractivity contribution is 0.111. The van der Waals surface area contributed by atoms with Gasteiger partial charge >= 0.3 is 0 Å². The van der Waals surface area contributed by atoms with Crippen molar-refractivity contribution in [2.45, 2.75) is 19.6 Å². The molecule has 0 spiro atoms. The van der Waals surface area contributed by atoms with E-state index in [0.29, 0.717) is 6.61 Å². The minimum Gasteiger partial charge on any atom is -0.375 e. The highest BCUT2D eigenvalue weighted by atomic mass is 16.5. The molecule has 0 unspecified atom stereocenters. The highest BCUT2D eigenvalue weighted by Crippen LogP contribution is 2.20. The molecule has 4 nitrogen and oxygen atoms in total. The summed E-state index contributed by atoms with van der Waals surface area (Å²) in [6, 6.07) is 18.8. The van der Waals surface area contributed by atoms with Crippen molar-refractivity contribution >= 4 is 10.9 Å². The minimum atomic E-state index is 0.565. The van der Waals surface area contributed by atoms with Gasteiger partial charge in [0.05, 0.1) is 24.4 Å². The Hall–Kier alpha value is -2.17. The summed E-state index contributed by atoms with van der Waals surface area (Å²) in [6.45, 7) is 3.15. The summed E-state index contributed by atoms with van der Waals surface area (Å²) < 4.78 is 7.91. The van der Waals surface area contributed by atoms with Gasteiger partial charge in [0.25, 0.3) is 0 Å². The van der Waals surface area contributed by atoms with Crippen LogP contribution in [0.5, 0.6) is 0 Å². The van der Waals surface area contributed by atoms with Crippen LogP contribution < -0.4 is 0 Å². The van der Waals surface area contributed by atoms with Crippen LogP contribution in [0.2, 0.25) is 0 Å². The topological polar surface area (TPSA) is 30.3 Å². The zero-order chi connectivity index (χ0) is 16.8. The zero-order valence-corrected chi connectivity index (χ0v) is 14.5. The SMILES string of the molecule is CN(C)CCCOCc1nn(Cc2ccccc2)c2ccccc12. The molecule has 0 saturated carbocycles. The van der Waals surface area contributed by atoms with Gasteiger partial charge in [-0.05, 0) is 38.7 Å². The maximum Gasteiger partial charge on any atom is 0.0960 e. The Morgan fingerprint density at radius 2 is 1.75 bits per heavy atom. The van der Waals surface area contributed by atoms with Crippen LogP contribution in [-0.2, 0) is 17.9 Å². The molecule has 126 valence electrons. The van der Waals surface area contributed by atoms with Crippen molar-refractivity contribution in [2.75, 3.05) is 27.2 Å². The van der Waals surface area contributed by atoms with E-state index in [4.69, 9.17) is 9.84 Å². The van der Waals surface area contributed by atoms with Crippen molar-refractivity contribution in [3.8, 4) is 0 Å². The summed E-state index contributed by atoms with van der Waals surface area (Å²) in [5.41, 5.74) is 3.43. The number of ether oxygens (including phenoxy) is 1. The zero-order valence-electron chi connectivity index (χ0n) is 14.5. The fraction of sp³-hybridized carbons (Fsp3) is 0.350. The number of benzene rings is 2. The lowest BCUT2D eigenvalue weighted by atomic mass is 10.2. The van der Waals surface area contributed by atoms with E-state index in [-0.39, 0.29) is 0 Å². The van der Waals surface area contributed by atoms with Gasteiger partial charge in [-0.15, -0.1) is 0 Å². The smallest absolute Gasteiger partial charge is 0.0960 e. The number of hydrogen-bond acceptors (Lipinski definition) is 3. The molecule has 0 saturated heterocycles. The number of fused-ring (bicyclic) bond motifs is 1. The van der Waals surface area contributed by atoms with E-state index in [9.17, 15) is 0 Å². The normalized spacial score (nSPS) is 11.5. The largest absolute Gasteiger partial charge is 0.375 e. The van der Waals surface area contributed by atoms with Gasteiger partial charge in [-0.1, -0.05) is 48.5 Å². The molecule has 0 aliphatic carbocycles. The Bertz CT molecular complexity index is 765. The first-order valence-electron chi connectivity index (χ1n) is 8.45. The minimum absolute atomic E-state index is 0.565. The molecule has 0 amide bonds. The Morgan fingerprint density at radius 1 is 1.00 bits per heavy atom. The van der Waals surface area contributed by atoms with E-state index in [1.807, 2.05) is 6.07 Å². The predicted molar refractivity (Wildman–Crippen MR) is 98.1 cm³/mol. The van der Waals surface area contributed by atoms with Gasteiger partial charge in [0.1, 0.15) is 0 Å². The van der Waals surface area contributed by atoms with Gasteiger partial charge < -0.3 is 9.64 Å². The third-order valence-corrected chi connectivity index (χ3v) is 4.04. The molecule has 2 aromatic carbocycles. The quantitative estimate of drug-likeness (QED) is 0.594. The second-order valence-corrected chi connectivity index (χ2v) is 6.32. The first kappa shape index (κ1) is 16.7. The van der Waals surface area contributed by atoms with Crippen LogP contribution in [0, 0.1) is 0 Å². The van der Waals surface area contributed by atoms with E-state index in [1.165, 1.54) is 10.9 Å². The Kier molecular flexibility index (Phi) is 5.62. The first-order valence-corrected chi connectivity index (χ1v) is 8.45. The maximum absolute atomic E-state index is 5.84. The van der Waals surface area contributed by atoms with Crippen LogP contribution >= 0.6 is 0 Å². The molecule has 0 fully saturated rings. The Morgan fingerprint density at radius 3 is 2.54 bits per heavy atom. The fourth-order valence-corrected chi connectivity index (χ4v) is 2.83. The standard InChI is InChI=1S/C20H25N3O/c1-22(2)13-8-14-24-16-19-18-11-6-7-12-20(18)23(21-19)15-17-9-4-3-5-10-17/h3-7,9-12H,8,13-16H2,1-2H3. The molecule has 24 heavy (non-hydrogen) atoms. The maximum atomic E-state index is 5.84. The molecule has 3 rings (SSSR count). The van der Waals surface area contributed by atoms with E-state index < -0.39 is 0 Å². The third-order valence-electron chi connectivity index (χ3n) is 4.04. The molecule has 0 radical (unpaired) electrons. The van der Waals surface area contributed by atoms with Crippen LogP contribution in [0.15, 0.2) is 54.6 Å². The molecule has 0 N–H and O–H groups in total. The predicted octanol–water partition coefficient (Wildman–Crippen LogP) is 3.55. The number of para-hydroxylation sites is 1. The van der Waals surface area contributed by atoms with E-state index in [2.05, 4.69) is 72.2 Å². The monoisotopic (exact) mass is 323 g/mol. The van der Waals surface area contributed by atoms with Crippen LogP contribution in [-0.4, -0.2) is 41.9 Å². The second-order valence-electron chi connectivity index (χ2n) is 6.32. The van der Waals surface area contributed by atoms with Crippen LogP contribution in [0.25, 0.3) is 10.9 Å². The van der Waals surface area contributed by atoms with Crippen molar-refractivity contribution in [3.63, 3.8) is 0 Å². The van der Waals surface area contributed by atoms with Gasteiger partial charge in [0.15, 0.2) is 0 Å². The molecule has 0 aliphatic heterocycles. The molecular formula is C20H25N3O. The summed E-state index contributed by atoms with van der Waals surface area (Å²) in [5, 5.41) is 5.98. The van der Waals surface area contributed by atoms with E-state index in [1.54, 1.807) is 0 Å². The summed E-state index contributed by atoms with van der Waals surface area (Å²) in [7, 11) is 4.16.